The van der Waals surface area contributed by atoms with Crippen LogP contribution in [0.4, 0.5) is 0 Å². The molecule has 1 aromatic carbocycles. The Morgan fingerprint density at radius 2 is 2.00 bits per heavy atom. The summed E-state index contributed by atoms with van der Waals surface area (Å²) in [5.74, 6) is -1.09. The number of aliphatic carboxylic acids is 1. The zero-order valence-electron chi connectivity index (χ0n) is 12.1. The minimum atomic E-state index is -0.898. The molecular formula is C16H18N2O4. The lowest BCUT2D eigenvalue weighted by atomic mass is 10.0. The molecule has 6 nitrogen and oxygen atoms in total. The molecule has 0 aromatic heterocycles. The maximum atomic E-state index is 12.5. The monoisotopic (exact) mass is 302 g/mol. The van der Waals surface area contributed by atoms with E-state index in [2.05, 4.69) is 5.16 Å². The fourth-order valence-electron chi connectivity index (χ4n) is 2.57. The van der Waals surface area contributed by atoms with Crippen LogP contribution in [0.15, 0.2) is 35.5 Å². The minimum Gasteiger partial charge on any atom is -0.481 e. The fraction of sp³-hybridized carbons (Fsp3) is 0.438. The first-order chi connectivity index (χ1) is 10.6. The highest BCUT2D eigenvalue weighted by molar-refractivity contribution is 6.39. The molecule has 0 radical (unpaired) electrons. The number of nitrogens with zero attached hydrogens (tertiary/aromatic N) is 2. The molecule has 1 fully saturated rings. The van der Waals surface area contributed by atoms with E-state index in [4.69, 9.17) is 9.94 Å². The highest BCUT2D eigenvalue weighted by Crippen LogP contribution is 2.31. The van der Waals surface area contributed by atoms with Crippen LogP contribution in [0.3, 0.4) is 0 Å². The summed E-state index contributed by atoms with van der Waals surface area (Å²) in [5, 5.41) is 12.7. The van der Waals surface area contributed by atoms with Gasteiger partial charge >= 0.3 is 5.97 Å². The maximum absolute atomic E-state index is 12.5. The van der Waals surface area contributed by atoms with E-state index < -0.39 is 5.97 Å². The van der Waals surface area contributed by atoms with Crippen molar-refractivity contribution in [3.8, 4) is 0 Å². The highest BCUT2D eigenvalue weighted by Gasteiger charge is 2.37. The number of carbonyl (C=O) groups is 2. The molecule has 0 saturated heterocycles. The summed E-state index contributed by atoms with van der Waals surface area (Å²) in [5.41, 5.74) is 1.36. The lowest BCUT2D eigenvalue weighted by Gasteiger charge is -2.21. The zero-order chi connectivity index (χ0) is 15.5. The molecular weight excluding hydrogens is 284 g/mol. The molecule has 0 bridgehead atoms. The first-order valence-corrected chi connectivity index (χ1v) is 7.45. The van der Waals surface area contributed by atoms with Crippen molar-refractivity contribution in [2.24, 2.45) is 5.16 Å². The molecule has 3 rings (SSSR count). The van der Waals surface area contributed by atoms with Gasteiger partial charge in [0.15, 0.2) is 6.10 Å². The van der Waals surface area contributed by atoms with E-state index in [1.807, 2.05) is 30.3 Å². The number of rotatable bonds is 6. The van der Waals surface area contributed by atoms with E-state index in [9.17, 15) is 9.59 Å². The molecule has 1 aliphatic carbocycles. The molecule has 1 atom stereocenters. The van der Waals surface area contributed by atoms with E-state index in [-0.39, 0.29) is 31.0 Å². The number of carbonyl (C=O) groups excluding carboxylic acids is 1. The first-order valence-electron chi connectivity index (χ1n) is 7.45. The largest absolute Gasteiger partial charge is 0.481 e. The fourth-order valence-corrected chi connectivity index (χ4v) is 2.57. The summed E-state index contributed by atoms with van der Waals surface area (Å²) in [6.07, 6.45) is 2.02. The Labute approximate surface area is 128 Å². The molecule has 0 spiro atoms. The highest BCUT2D eigenvalue weighted by atomic mass is 16.6. The van der Waals surface area contributed by atoms with Crippen LogP contribution in [0.1, 0.15) is 37.4 Å². The Morgan fingerprint density at radius 1 is 1.27 bits per heavy atom. The normalized spacial score (nSPS) is 20.2. The smallest absolute Gasteiger partial charge is 0.305 e. The van der Waals surface area contributed by atoms with Crippen molar-refractivity contribution in [2.45, 2.75) is 37.8 Å². The van der Waals surface area contributed by atoms with Gasteiger partial charge in [0.25, 0.3) is 5.91 Å². The number of amides is 1. The van der Waals surface area contributed by atoms with Gasteiger partial charge in [0.05, 0.1) is 6.42 Å². The Balaban J connectivity index is 1.63. The Bertz CT molecular complexity index is 595. The number of carboxylic acids is 1. The molecule has 1 amide bonds. The lowest BCUT2D eigenvalue weighted by molar-refractivity contribution is -0.137. The number of benzene rings is 1. The number of carboxylic acid groups (broad SMARTS) is 1. The van der Waals surface area contributed by atoms with Crippen molar-refractivity contribution in [1.82, 2.24) is 4.90 Å². The van der Waals surface area contributed by atoms with Gasteiger partial charge in [0.1, 0.15) is 5.71 Å². The second kappa shape index (κ2) is 6.17. The SMILES string of the molecule is O=C(O)CCN(C(=O)C1=NOC(c2ccccc2)C1)C1CC1. The number of oxime groups is 1. The second-order valence-electron chi connectivity index (χ2n) is 5.62. The Hall–Kier alpha value is -2.37. The summed E-state index contributed by atoms with van der Waals surface area (Å²) in [4.78, 5) is 30.3. The van der Waals surface area contributed by atoms with Crippen LogP contribution in [0, 0.1) is 0 Å². The van der Waals surface area contributed by atoms with Crippen LogP contribution in [0.5, 0.6) is 0 Å². The Morgan fingerprint density at radius 3 is 2.64 bits per heavy atom. The van der Waals surface area contributed by atoms with Crippen molar-refractivity contribution in [3.05, 3.63) is 35.9 Å². The molecule has 1 N–H and O–H groups in total. The molecule has 1 saturated carbocycles. The third-order valence-corrected chi connectivity index (χ3v) is 3.90. The molecule has 2 aliphatic rings. The van der Waals surface area contributed by atoms with Gasteiger partial charge in [-0.05, 0) is 18.4 Å². The number of hydrogen-bond donors (Lipinski definition) is 1. The van der Waals surface area contributed by atoms with Crippen molar-refractivity contribution < 1.29 is 19.5 Å². The molecule has 22 heavy (non-hydrogen) atoms. The third-order valence-electron chi connectivity index (χ3n) is 3.90. The summed E-state index contributed by atoms with van der Waals surface area (Å²) >= 11 is 0. The van der Waals surface area contributed by atoms with Gasteiger partial charge in [0.2, 0.25) is 0 Å². The summed E-state index contributed by atoms with van der Waals surface area (Å²) < 4.78 is 0. The van der Waals surface area contributed by atoms with Gasteiger partial charge in [-0.25, -0.2) is 0 Å². The average Bonchev–Trinajstić information content (AvgIpc) is 3.23. The van der Waals surface area contributed by atoms with Crippen LogP contribution >= 0.6 is 0 Å². The minimum absolute atomic E-state index is 0.0432. The van der Waals surface area contributed by atoms with Gasteiger partial charge in [-0.15, -0.1) is 0 Å². The molecule has 1 unspecified atom stereocenters. The van der Waals surface area contributed by atoms with Crippen LogP contribution in [0.2, 0.25) is 0 Å². The zero-order valence-corrected chi connectivity index (χ0v) is 12.1. The first kappa shape index (κ1) is 14.6. The summed E-state index contributed by atoms with van der Waals surface area (Å²) in [6, 6.07) is 9.80. The van der Waals surface area contributed by atoms with Crippen molar-refractivity contribution in [1.29, 1.82) is 0 Å². The third kappa shape index (κ3) is 3.27. The van der Waals surface area contributed by atoms with Crippen LogP contribution in [-0.4, -0.2) is 40.2 Å². The number of hydrogen-bond acceptors (Lipinski definition) is 4. The Kier molecular flexibility index (Phi) is 4.09. The topological polar surface area (TPSA) is 79.2 Å². The van der Waals surface area contributed by atoms with E-state index in [0.29, 0.717) is 12.1 Å². The molecule has 1 aromatic rings. The van der Waals surface area contributed by atoms with Gasteiger partial charge in [-0.2, -0.15) is 0 Å². The van der Waals surface area contributed by atoms with Gasteiger partial charge < -0.3 is 14.8 Å². The van der Waals surface area contributed by atoms with Gasteiger partial charge in [-0.1, -0.05) is 35.5 Å². The van der Waals surface area contributed by atoms with E-state index in [1.54, 1.807) is 4.90 Å². The molecule has 6 heteroatoms. The van der Waals surface area contributed by atoms with Crippen LogP contribution in [0.25, 0.3) is 0 Å². The van der Waals surface area contributed by atoms with Gasteiger partial charge in [-0.3, -0.25) is 9.59 Å². The van der Waals surface area contributed by atoms with Crippen LogP contribution in [-0.2, 0) is 14.4 Å². The van der Waals surface area contributed by atoms with Crippen LogP contribution < -0.4 is 0 Å². The second-order valence-corrected chi connectivity index (χ2v) is 5.62. The summed E-state index contributed by atoms with van der Waals surface area (Å²) in [7, 11) is 0. The molecule has 116 valence electrons. The predicted molar refractivity (Wildman–Crippen MR) is 79.3 cm³/mol. The van der Waals surface area contributed by atoms with E-state index >= 15 is 0 Å². The standard InChI is InChI=1S/C16H18N2O4/c19-15(20)8-9-18(12-6-7-12)16(21)13-10-14(22-17-13)11-4-2-1-3-5-11/h1-5,12,14H,6-10H2,(H,19,20). The molecule has 1 aliphatic heterocycles. The van der Waals surface area contributed by atoms with Crippen molar-refractivity contribution >= 4 is 17.6 Å². The lowest BCUT2D eigenvalue weighted by Crippen LogP contribution is -2.39. The van der Waals surface area contributed by atoms with Crippen molar-refractivity contribution in [3.63, 3.8) is 0 Å². The average molecular weight is 302 g/mol. The predicted octanol–water partition coefficient (Wildman–Crippen LogP) is 1.97. The quantitative estimate of drug-likeness (QED) is 0.871. The summed E-state index contributed by atoms with van der Waals surface area (Å²) in [6.45, 7) is 0.230. The van der Waals surface area contributed by atoms with E-state index in [1.165, 1.54) is 0 Å². The van der Waals surface area contributed by atoms with Crippen molar-refractivity contribution in [2.75, 3.05) is 6.54 Å². The maximum Gasteiger partial charge on any atom is 0.305 e. The molecule has 1 heterocycles. The van der Waals surface area contributed by atoms with E-state index in [0.717, 1.165) is 18.4 Å². The van der Waals surface area contributed by atoms with Gasteiger partial charge in [0, 0.05) is 19.0 Å².